The summed E-state index contributed by atoms with van der Waals surface area (Å²) in [5.74, 6) is -3.81. The summed E-state index contributed by atoms with van der Waals surface area (Å²) in [6.45, 7) is 1.70. The summed E-state index contributed by atoms with van der Waals surface area (Å²) in [7, 11) is 1.19. The lowest BCUT2D eigenvalue weighted by Gasteiger charge is -2.32. The predicted molar refractivity (Wildman–Crippen MR) is 71.8 cm³/mol. The number of amides is 1. The molecule has 1 fully saturated rings. The van der Waals surface area contributed by atoms with E-state index in [9.17, 15) is 18.4 Å². The number of carbonyl (C=O) groups is 2. The summed E-state index contributed by atoms with van der Waals surface area (Å²) in [6, 6.07) is 3.20. The Balaban J connectivity index is 2.45. The molecule has 0 N–H and O–H groups in total. The van der Waals surface area contributed by atoms with Crippen LogP contribution in [0.1, 0.15) is 35.7 Å². The van der Waals surface area contributed by atoms with Gasteiger partial charge in [-0.05, 0) is 31.9 Å². The molecule has 5 nitrogen and oxygen atoms in total. The van der Waals surface area contributed by atoms with Gasteiger partial charge < -0.3 is 9.64 Å². The van der Waals surface area contributed by atoms with Gasteiger partial charge in [0, 0.05) is 6.54 Å². The Morgan fingerprint density at radius 3 is 2.45 bits per heavy atom. The highest BCUT2D eigenvalue weighted by Gasteiger charge is 2.47. The number of carbonyl (C=O) groups excluding carboxylic acids is 2. The smallest absolute Gasteiger partial charge is 0.331 e. The van der Waals surface area contributed by atoms with Gasteiger partial charge in [-0.15, -0.1) is 0 Å². The highest BCUT2D eigenvalue weighted by molar-refractivity contribution is 5.99. The van der Waals surface area contributed by atoms with Crippen LogP contribution in [0.5, 0.6) is 0 Å². The number of hydrogen-bond donors (Lipinski definition) is 0. The highest BCUT2D eigenvalue weighted by atomic mass is 19.1. The van der Waals surface area contributed by atoms with Crippen molar-refractivity contribution in [3.63, 3.8) is 0 Å². The summed E-state index contributed by atoms with van der Waals surface area (Å²) in [5, 5.41) is 8.68. The maximum Gasteiger partial charge on any atom is 0.331 e. The maximum absolute atomic E-state index is 14.0. The van der Waals surface area contributed by atoms with E-state index >= 15 is 0 Å². The van der Waals surface area contributed by atoms with Gasteiger partial charge in [0.2, 0.25) is 0 Å². The average Bonchev–Trinajstić information content (AvgIpc) is 2.88. The molecular weight excluding hydrogens is 294 g/mol. The fourth-order valence-corrected chi connectivity index (χ4v) is 2.70. The zero-order valence-corrected chi connectivity index (χ0v) is 12.2. The summed E-state index contributed by atoms with van der Waals surface area (Å²) in [5.41, 5.74) is -2.24. The minimum atomic E-state index is -1.25. The van der Waals surface area contributed by atoms with E-state index < -0.39 is 34.6 Å². The lowest BCUT2D eigenvalue weighted by atomic mass is 9.98. The quantitative estimate of drug-likeness (QED) is 0.784. The molecule has 116 valence electrons. The van der Waals surface area contributed by atoms with Crippen LogP contribution in [0.4, 0.5) is 8.78 Å². The van der Waals surface area contributed by atoms with Gasteiger partial charge in [-0.3, -0.25) is 4.79 Å². The standard InChI is InChI=1S/C15H14F2N2O3/c1-15(14(21)22-2)4-3-5-19(15)13(20)12-10(16)6-9(8-18)7-11(12)17/h6-7H,3-5H2,1-2H3/t15-/m0/s1. The van der Waals surface area contributed by atoms with Crippen LogP contribution in [-0.4, -0.2) is 36.0 Å². The number of nitrogens with zero attached hydrogens (tertiary/aromatic N) is 2. The third-order valence-electron chi connectivity index (χ3n) is 3.90. The topological polar surface area (TPSA) is 70.4 Å². The third-order valence-corrected chi connectivity index (χ3v) is 3.90. The van der Waals surface area contributed by atoms with E-state index in [0.29, 0.717) is 12.8 Å². The van der Waals surface area contributed by atoms with E-state index in [0.717, 1.165) is 17.0 Å². The Morgan fingerprint density at radius 2 is 1.95 bits per heavy atom. The van der Waals surface area contributed by atoms with Crippen molar-refractivity contribution in [2.45, 2.75) is 25.3 Å². The number of halogens is 2. The molecule has 0 aliphatic carbocycles. The first-order chi connectivity index (χ1) is 10.3. The molecule has 0 aromatic heterocycles. The van der Waals surface area contributed by atoms with Crippen molar-refractivity contribution in [3.05, 3.63) is 34.9 Å². The first-order valence-corrected chi connectivity index (χ1v) is 6.64. The lowest BCUT2D eigenvalue weighted by molar-refractivity contribution is -0.151. The predicted octanol–water partition coefficient (Wildman–Crippen LogP) is 2.00. The Labute approximate surface area is 126 Å². The number of likely N-dealkylation sites (tertiary alicyclic amines) is 1. The molecule has 0 unspecified atom stereocenters. The SMILES string of the molecule is COC(=O)[C@]1(C)CCCN1C(=O)c1c(F)cc(C#N)cc1F. The molecule has 1 aromatic rings. The van der Waals surface area contributed by atoms with Crippen LogP contribution >= 0.6 is 0 Å². The molecule has 1 atom stereocenters. The average molecular weight is 308 g/mol. The molecule has 1 amide bonds. The van der Waals surface area contributed by atoms with Crippen molar-refractivity contribution in [3.8, 4) is 6.07 Å². The molecule has 0 radical (unpaired) electrons. The fraction of sp³-hybridized carbons (Fsp3) is 0.400. The zero-order chi connectivity index (χ0) is 16.5. The molecule has 2 rings (SSSR count). The number of benzene rings is 1. The highest BCUT2D eigenvalue weighted by Crippen LogP contribution is 2.32. The van der Waals surface area contributed by atoms with Gasteiger partial charge >= 0.3 is 5.97 Å². The number of nitriles is 1. The number of ether oxygens (including phenoxy) is 1. The summed E-state index contributed by atoms with van der Waals surface area (Å²) < 4.78 is 32.7. The first-order valence-electron chi connectivity index (χ1n) is 6.64. The number of esters is 1. The molecule has 1 saturated heterocycles. The van der Waals surface area contributed by atoms with Crippen LogP contribution in [0.25, 0.3) is 0 Å². The summed E-state index contributed by atoms with van der Waals surface area (Å²) >= 11 is 0. The summed E-state index contributed by atoms with van der Waals surface area (Å²) in [4.78, 5) is 25.5. The molecule has 1 heterocycles. The molecule has 1 aliphatic heterocycles. The van der Waals surface area contributed by atoms with Crippen LogP contribution in [-0.2, 0) is 9.53 Å². The molecule has 0 bridgehead atoms. The number of methoxy groups -OCH3 is 1. The Hall–Kier alpha value is -2.49. The maximum atomic E-state index is 14.0. The van der Waals surface area contributed by atoms with Gasteiger partial charge in [0.05, 0.1) is 18.7 Å². The van der Waals surface area contributed by atoms with Gasteiger partial charge in [-0.1, -0.05) is 0 Å². The zero-order valence-electron chi connectivity index (χ0n) is 12.2. The van der Waals surface area contributed by atoms with Gasteiger partial charge in [-0.2, -0.15) is 5.26 Å². The molecule has 0 spiro atoms. The monoisotopic (exact) mass is 308 g/mol. The second-order valence-electron chi connectivity index (χ2n) is 5.25. The second-order valence-corrected chi connectivity index (χ2v) is 5.25. The van der Waals surface area contributed by atoms with E-state index in [1.54, 1.807) is 6.07 Å². The first kappa shape index (κ1) is 15.9. The minimum Gasteiger partial charge on any atom is -0.467 e. The van der Waals surface area contributed by atoms with Crippen molar-refractivity contribution >= 4 is 11.9 Å². The third kappa shape index (κ3) is 2.41. The van der Waals surface area contributed by atoms with Crippen LogP contribution in [0.2, 0.25) is 0 Å². The van der Waals surface area contributed by atoms with Crippen LogP contribution < -0.4 is 0 Å². The normalized spacial score (nSPS) is 20.6. The Morgan fingerprint density at radius 1 is 1.36 bits per heavy atom. The fourth-order valence-electron chi connectivity index (χ4n) is 2.70. The van der Waals surface area contributed by atoms with E-state index in [4.69, 9.17) is 5.26 Å². The van der Waals surface area contributed by atoms with E-state index in [1.165, 1.54) is 14.0 Å². The van der Waals surface area contributed by atoms with E-state index in [2.05, 4.69) is 4.74 Å². The molecule has 22 heavy (non-hydrogen) atoms. The Bertz CT molecular complexity index is 661. The molecular formula is C15H14F2N2O3. The van der Waals surface area contributed by atoms with Gasteiger partial charge in [0.15, 0.2) is 0 Å². The van der Waals surface area contributed by atoms with Crippen molar-refractivity contribution in [1.82, 2.24) is 4.90 Å². The van der Waals surface area contributed by atoms with E-state index in [1.807, 2.05) is 0 Å². The minimum absolute atomic E-state index is 0.198. The Kier molecular flexibility index (Phi) is 4.13. The van der Waals surface area contributed by atoms with Crippen molar-refractivity contribution in [2.75, 3.05) is 13.7 Å². The van der Waals surface area contributed by atoms with Crippen molar-refractivity contribution in [1.29, 1.82) is 5.26 Å². The molecule has 1 aliphatic rings. The van der Waals surface area contributed by atoms with Crippen LogP contribution in [0.3, 0.4) is 0 Å². The van der Waals surface area contributed by atoms with E-state index in [-0.39, 0.29) is 12.1 Å². The number of hydrogen-bond acceptors (Lipinski definition) is 4. The van der Waals surface area contributed by atoms with Crippen LogP contribution in [0.15, 0.2) is 12.1 Å². The van der Waals surface area contributed by atoms with Crippen LogP contribution in [0, 0.1) is 23.0 Å². The lowest BCUT2D eigenvalue weighted by Crippen LogP contribution is -2.51. The van der Waals surface area contributed by atoms with Gasteiger partial charge in [0.1, 0.15) is 22.7 Å². The van der Waals surface area contributed by atoms with Gasteiger partial charge in [-0.25, -0.2) is 13.6 Å². The molecule has 7 heteroatoms. The van der Waals surface area contributed by atoms with Crippen molar-refractivity contribution < 1.29 is 23.1 Å². The molecule has 1 aromatic carbocycles. The summed E-state index contributed by atoms with van der Waals surface area (Å²) in [6.07, 6.45) is 0.877. The second kappa shape index (κ2) is 5.72. The van der Waals surface area contributed by atoms with Gasteiger partial charge in [0.25, 0.3) is 5.91 Å². The number of rotatable bonds is 2. The largest absolute Gasteiger partial charge is 0.467 e. The molecule has 0 saturated carbocycles. The van der Waals surface area contributed by atoms with Crippen molar-refractivity contribution in [2.24, 2.45) is 0 Å².